The maximum Gasteiger partial charge on any atom is 0.316 e. The third-order valence-corrected chi connectivity index (χ3v) is 7.16. The molecule has 0 aromatic carbocycles. The molecule has 0 amide bonds. The average molecular weight is 416 g/mol. The van der Waals surface area contributed by atoms with Crippen LogP contribution < -0.4 is 0 Å². The van der Waals surface area contributed by atoms with Crippen molar-refractivity contribution in [2.45, 2.75) is 44.3 Å². The van der Waals surface area contributed by atoms with Gasteiger partial charge in [0.2, 0.25) is 0 Å². The Labute approximate surface area is 151 Å². The predicted octanol–water partition coefficient (Wildman–Crippen LogP) is 2.96. The van der Waals surface area contributed by atoms with E-state index in [9.17, 15) is 19.8 Å². The third-order valence-electron chi connectivity index (χ3n) is 5.08. The highest BCUT2D eigenvalue weighted by atomic mass is 79.9. The van der Waals surface area contributed by atoms with Crippen molar-refractivity contribution in [3.63, 3.8) is 0 Å². The van der Waals surface area contributed by atoms with E-state index < -0.39 is 28.1 Å². The van der Waals surface area contributed by atoms with Gasteiger partial charge in [0.25, 0.3) is 0 Å². The largest absolute Gasteiger partial charge is 0.481 e. The summed E-state index contributed by atoms with van der Waals surface area (Å²) in [6.45, 7) is 5.16. The molecule has 130 valence electrons. The number of nitrogens with zero attached hydrogens (tertiary/aromatic N) is 3. The second-order valence-electron chi connectivity index (χ2n) is 6.77. The van der Waals surface area contributed by atoms with Crippen molar-refractivity contribution < 1.29 is 19.8 Å². The standard InChI is InChI=1S/C15H18BrN3O4S/c1-7-17-18-10(6-16)19(7)11-15(3,13(22)23)8-4-14(2,12(20)21)5-9(8)24-11/h11H,4-6H2,1-3H3,(H,20,21)(H,22,23). The molecule has 24 heavy (non-hydrogen) atoms. The van der Waals surface area contributed by atoms with E-state index in [1.807, 2.05) is 4.57 Å². The summed E-state index contributed by atoms with van der Waals surface area (Å²) in [4.78, 5) is 24.7. The monoisotopic (exact) mass is 415 g/mol. The zero-order valence-corrected chi connectivity index (χ0v) is 15.9. The second-order valence-corrected chi connectivity index (χ2v) is 8.50. The van der Waals surface area contributed by atoms with Gasteiger partial charge in [-0.15, -0.1) is 22.0 Å². The van der Waals surface area contributed by atoms with Gasteiger partial charge in [-0.05, 0) is 44.1 Å². The van der Waals surface area contributed by atoms with Crippen LogP contribution in [0.1, 0.15) is 43.7 Å². The van der Waals surface area contributed by atoms with E-state index in [1.165, 1.54) is 11.8 Å². The predicted molar refractivity (Wildman–Crippen MR) is 91.8 cm³/mol. The van der Waals surface area contributed by atoms with Crippen LogP contribution in [-0.2, 0) is 14.9 Å². The Morgan fingerprint density at radius 3 is 2.50 bits per heavy atom. The van der Waals surface area contributed by atoms with E-state index in [2.05, 4.69) is 26.1 Å². The van der Waals surface area contributed by atoms with Crippen LogP contribution in [0.3, 0.4) is 0 Å². The summed E-state index contributed by atoms with van der Waals surface area (Å²) in [5, 5.41) is 27.7. The van der Waals surface area contributed by atoms with Gasteiger partial charge < -0.3 is 10.2 Å². The Bertz CT molecular complexity index is 777. The van der Waals surface area contributed by atoms with Crippen LogP contribution in [0.15, 0.2) is 10.5 Å². The first-order valence-electron chi connectivity index (χ1n) is 7.47. The Hall–Kier alpha value is -1.35. The van der Waals surface area contributed by atoms with Crippen molar-refractivity contribution in [2.75, 3.05) is 0 Å². The first kappa shape index (κ1) is 17.5. The Morgan fingerprint density at radius 2 is 1.96 bits per heavy atom. The highest BCUT2D eigenvalue weighted by molar-refractivity contribution is 9.08. The van der Waals surface area contributed by atoms with Crippen LogP contribution in [0.4, 0.5) is 0 Å². The zero-order valence-electron chi connectivity index (χ0n) is 13.5. The Morgan fingerprint density at radius 1 is 1.29 bits per heavy atom. The highest BCUT2D eigenvalue weighted by Gasteiger charge is 2.59. The minimum atomic E-state index is -1.18. The lowest BCUT2D eigenvalue weighted by molar-refractivity contribution is -0.149. The number of aromatic nitrogens is 3. The molecule has 0 saturated carbocycles. The Kier molecular flexibility index (Phi) is 4.07. The van der Waals surface area contributed by atoms with Crippen LogP contribution in [0, 0.1) is 17.8 Å². The molecule has 3 unspecified atom stereocenters. The number of alkyl halides is 1. The van der Waals surface area contributed by atoms with Gasteiger partial charge in [0.1, 0.15) is 22.4 Å². The number of thioether (sulfide) groups is 1. The topological polar surface area (TPSA) is 105 Å². The number of aryl methyl sites for hydroxylation is 1. The molecule has 2 heterocycles. The van der Waals surface area contributed by atoms with E-state index in [-0.39, 0.29) is 6.42 Å². The number of allylic oxidation sites excluding steroid dienone is 1. The molecule has 0 saturated heterocycles. The fraction of sp³-hybridized carbons (Fsp3) is 0.600. The average Bonchev–Trinajstić information content (AvgIpc) is 3.11. The molecule has 3 rings (SSSR count). The number of rotatable bonds is 4. The zero-order chi connectivity index (χ0) is 17.9. The molecule has 1 aliphatic heterocycles. The molecule has 1 aromatic heterocycles. The summed E-state index contributed by atoms with van der Waals surface area (Å²) >= 11 is 4.81. The summed E-state index contributed by atoms with van der Waals surface area (Å²) in [5.74, 6) is -0.520. The van der Waals surface area contributed by atoms with Gasteiger partial charge in [-0.2, -0.15) is 0 Å². The molecule has 0 bridgehead atoms. The van der Waals surface area contributed by atoms with Gasteiger partial charge >= 0.3 is 11.9 Å². The minimum Gasteiger partial charge on any atom is -0.481 e. The lowest BCUT2D eigenvalue weighted by atomic mass is 9.77. The molecule has 1 aliphatic carbocycles. The summed E-state index contributed by atoms with van der Waals surface area (Å²) in [6.07, 6.45) is 0.626. The first-order valence-corrected chi connectivity index (χ1v) is 9.47. The van der Waals surface area contributed by atoms with Crippen molar-refractivity contribution >= 4 is 39.6 Å². The number of carbonyl (C=O) groups is 2. The number of hydrogen-bond donors (Lipinski definition) is 2. The second kappa shape index (κ2) is 5.59. The van der Waals surface area contributed by atoms with Crippen molar-refractivity contribution in [1.29, 1.82) is 0 Å². The summed E-state index contributed by atoms with van der Waals surface area (Å²) in [7, 11) is 0. The molecule has 2 N–H and O–H groups in total. The van der Waals surface area contributed by atoms with Crippen LogP contribution in [0.25, 0.3) is 0 Å². The van der Waals surface area contributed by atoms with Crippen LogP contribution in [0.2, 0.25) is 0 Å². The smallest absolute Gasteiger partial charge is 0.316 e. The van der Waals surface area contributed by atoms with Crippen LogP contribution >= 0.6 is 27.7 Å². The number of carboxylic acid groups (broad SMARTS) is 2. The maximum atomic E-state index is 12.2. The van der Waals surface area contributed by atoms with Crippen molar-refractivity contribution in [3.05, 3.63) is 22.1 Å². The van der Waals surface area contributed by atoms with Crippen LogP contribution in [0.5, 0.6) is 0 Å². The van der Waals surface area contributed by atoms with Gasteiger partial charge in [0.05, 0.1) is 10.7 Å². The number of carboxylic acids is 2. The van der Waals surface area contributed by atoms with Gasteiger partial charge in [-0.1, -0.05) is 15.9 Å². The number of halogens is 1. The van der Waals surface area contributed by atoms with Crippen molar-refractivity contribution in [3.8, 4) is 0 Å². The summed E-state index contributed by atoms with van der Waals surface area (Å²) < 4.78 is 1.85. The van der Waals surface area contributed by atoms with Crippen molar-refractivity contribution in [1.82, 2.24) is 14.8 Å². The molecule has 0 fully saturated rings. The van der Waals surface area contributed by atoms with E-state index in [4.69, 9.17) is 0 Å². The summed E-state index contributed by atoms with van der Waals surface area (Å²) in [5.41, 5.74) is -1.39. The van der Waals surface area contributed by atoms with E-state index in [1.54, 1.807) is 20.8 Å². The van der Waals surface area contributed by atoms with Gasteiger partial charge in [-0.25, -0.2) is 0 Å². The SMILES string of the molecule is Cc1nnc(CBr)n1C1SC2=C(CC(C)(C(=O)O)C2)C1(C)C(=O)O. The lowest BCUT2D eigenvalue weighted by Gasteiger charge is -2.33. The molecule has 1 aromatic rings. The lowest BCUT2D eigenvalue weighted by Crippen LogP contribution is -2.38. The summed E-state index contributed by atoms with van der Waals surface area (Å²) in [6, 6.07) is 0. The van der Waals surface area contributed by atoms with Gasteiger partial charge in [0, 0.05) is 0 Å². The maximum absolute atomic E-state index is 12.2. The fourth-order valence-electron chi connectivity index (χ4n) is 3.51. The fourth-order valence-corrected chi connectivity index (χ4v) is 5.84. The van der Waals surface area contributed by atoms with Gasteiger partial charge in [0.15, 0.2) is 0 Å². The van der Waals surface area contributed by atoms with E-state index in [0.29, 0.717) is 23.4 Å². The quantitative estimate of drug-likeness (QED) is 0.727. The third kappa shape index (κ3) is 2.24. The minimum absolute atomic E-state index is 0.259. The first-order chi connectivity index (χ1) is 11.1. The van der Waals surface area contributed by atoms with Crippen molar-refractivity contribution in [2.24, 2.45) is 10.8 Å². The molecule has 7 nitrogen and oxygen atoms in total. The molecule has 3 atom stereocenters. The van der Waals surface area contributed by atoms with E-state index >= 15 is 0 Å². The normalized spacial score (nSPS) is 32.2. The van der Waals surface area contributed by atoms with Gasteiger partial charge in [-0.3, -0.25) is 14.2 Å². The molecule has 9 heteroatoms. The van der Waals surface area contributed by atoms with Crippen LogP contribution in [-0.4, -0.2) is 36.9 Å². The molecular weight excluding hydrogens is 398 g/mol. The number of aliphatic carboxylic acids is 2. The highest BCUT2D eigenvalue weighted by Crippen LogP contribution is 2.65. The number of hydrogen-bond acceptors (Lipinski definition) is 5. The molecule has 0 radical (unpaired) electrons. The molecular formula is C15H18BrN3O4S. The molecule has 2 aliphatic rings. The Balaban J connectivity index is 2.07. The molecule has 0 spiro atoms. The van der Waals surface area contributed by atoms with E-state index in [0.717, 1.165) is 10.5 Å².